The van der Waals surface area contributed by atoms with E-state index in [1.807, 2.05) is 38.1 Å². The van der Waals surface area contributed by atoms with Crippen molar-refractivity contribution in [1.29, 1.82) is 0 Å². The van der Waals surface area contributed by atoms with E-state index in [0.29, 0.717) is 18.2 Å². The average molecular weight is 456 g/mol. The smallest absolute Gasteiger partial charge is 0.407 e. The molecule has 3 atom stereocenters. The van der Waals surface area contributed by atoms with E-state index in [-0.39, 0.29) is 24.3 Å². The number of carbonyl (C=O) groups excluding carboxylic acids is 3. The molecule has 0 saturated heterocycles. The second kappa shape index (κ2) is 13.5. The number of hydrogen-bond acceptors (Lipinski definition) is 4. The van der Waals surface area contributed by atoms with Gasteiger partial charge in [-0.05, 0) is 54.7 Å². The summed E-state index contributed by atoms with van der Waals surface area (Å²) in [6, 6.07) is 6.76. The van der Waals surface area contributed by atoms with E-state index in [0.717, 1.165) is 32.1 Å². The summed E-state index contributed by atoms with van der Waals surface area (Å²) in [7, 11) is 0. The number of rotatable bonds is 9. The number of carbonyl (C=O) groups is 3. The first kappa shape index (κ1) is 26.2. The van der Waals surface area contributed by atoms with Gasteiger partial charge < -0.3 is 20.7 Å². The van der Waals surface area contributed by atoms with Crippen LogP contribution in [0, 0.1) is 29.6 Å². The number of anilines is 1. The van der Waals surface area contributed by atoms with Gasteiger partial charge in [0.15, 0.2) is 0 Å². The van der Waals surface area contributed by atoms with Crippen LogP contribution in [-0.4, -0.2) is 37.1 Å². The molecule has 0 radical (unpaired) electrons. The lowest BCUT2D eigenvalue weighted by atomic mass is 9.86. The third-order valence-electron chi connectivity index (χ3n) is 6.01. The summed E-state index contributed by atoms with van der Waals surface area (Å²) in [5.41, 5.74) is 1.85. The topological polar surface area (TPSA) is 96.5 Å². The lowest BCUT2D eigenvalue weighted by Gasteiger charge is -2.25. The quantitative estimate of drug-likeness (QED) is 0.492. The van der Waals surface area contributed by atoms with Crippen molar-refractivity contribution in [3.8, 4) is 11.8 Å². The van der Waals surface area contributed by atoms with Gasteiger partial charge in [-0.15, -0.1) is 11.8 Å². The van der Waals surface area contributed by atoms with Gasteiger partial charge in [0.2, 0.25) is 11.8 Å². The molecule has 1 aliphatic carbocycles. The molecular formula is C26H37N3O4. The lowest BCUT2D eigenvalue weighted by Crippen LogP contribution is -2.51. The highest BCUT2D eigenvalue weighted by atomic mass is 16.5. The SMILES string of the molecule is CCc1ccc(NC(=O)CNC(=O)C(NC(=O)OC[C@@H]2CCC#CCC[C@@H]2C)C(C)C)cc1. The van der Waals surface area contributed by atoms with Crippen LogP contribution in [0.1, 0.15) is 58.9 Å². The summed E-state index contributed by atoms with van der Waals surface area (Å²) in [5.74, 6) is 6.04. The second-order valence-electron chi connectivity index (χ2n) is 8.95. The summed E-state index contributed by atoms with van der Waals surface area (Å²) < 4.78 is 5.45. The van der Waals surface area contributed by atoms with E-state index in [1.54, 1.807) is 0 Å². The zero-order chi connectivity index (χ0) is 24.2. The predicted octanol–water partition coefficient (Wildman–Crippen LogP) is 3.88. The molecular weight excluding hydrogens is 418 g/mol. The van der Waals surface area contributed by atoms with Gasteiger partial charge in [-0.3, -0.25) is 9.59 Å². The van der Waals surface area contributed by atoms with Gasteiger partial charge in [0.05, 0.1) is 13.2 Å². The maximum atomic E-state index is 12.6. The van der Waals surface area contributed by atoms with Crippen molar-refractivity contribution in [2.75, 3.05) is 18.5 Å². The molecule has 0 spiro atoms. The van der Waals surface area contributed by atoms with Crippen LogP contribution in [0.25, 0.3) is 0 Å². The van der Waals surface area contributed by atoms with Crippen LogP contribution < -0.4 is 16.0 Å². The monoisotopic (exact) mass is 455 g/mol. The highest BCUT2D eigenvalue weighted by Gasteiger charge is 2.26. The zero-order valence-electron chi connectivity index (χ0n) is 20.2. The largest absolute Gasteiger partial charge is 0.449 e. The standard InChI is InChI=1S/C26H37N3O4/c1-5-20-12-14-22(15-13-20)28-23(30)16-27-25(31)24(18(2)3)29-26(32)33-17-21-11-9-7-6-8-10-19(21)4/h12-15,18-19,21,24H,5,8-11,16-17H2,1-4H3,(H,27,31)(H,28,30)(H,29,32)/t19-,21-,24?/m0/s1. The molecule has 1 aromatic rings. The fraction of sp³-hybridized carbons (Fsp3) is 0.577. The van der Waals surface area contributed by atoms with Gasteiger partial charge in [-0.25, -0.2) is 4.79 Å². The summed E-state index contributed by atoms with van der Waals surface area (Å²) >= 11 is 0. The number of amides is 3. The second-order valence-corrected chi connectivity index (χ2v) is 8.95. The number of ether oxygens (including phenoxy) is 1. The molecule has 3 amide bonds. The van der Waals surface area contributed by atoms with E-state index >= 15 is 0 Å². The van der Waals surface area contributed by atoms with Gasteiger partial charge in [0.1, 0.15) is 6.04 Å². The molecule has 0 bridgehead atoms. The molecule has 1 aromatic carbocycles. The van der Waals surface area contributed by atoms with Crippen LogP contribution in [0.4, 0.5) is 10.5 Å². The minimum Gasteiger partial charge on any atom is -0.449 e. The Hall–Kier alpha value is -3.01. The first-order valence-corrected chi connectivity index (χ1v) is 11.9. The Kier molecular flexibility index (Phi) is 10.8. The van der Waals surface area contributed by atoms with Crippen LogP contribution in [0.2, 0.25) is 0 Å². The van der Waals surface area contributed by atoms with Crippen LogP contribution >= 0.6 is 0 Å². The number of hydrogen-bond donors (Lipinski definition) is 3. The van der Waals surface area contributed by atoms with Crippen molar-refractivity contribution in [2.45, 2.75) is 65.8 Å². The van der Waals surface area contributed by atoms with Crippen molar-refractivity contribution in [1.82, 2.24) is 10.6 Å². The molecule has 1 aliphatic rings. The third kappa shape index (κ3) is 9.17. The Morgan fingerprint density at radius 3 is 2.39 bits per heavy atom. The summed E-state index contributed by atoms with van der Waals surface area (Å²) in [6.45, 7) is 8.00. The number of aryl methyl sites for hydroxylation is 1. The van der Waals surface area contributed by atoms with E-state index in [9.17, 15) is 14.4 Å². The minimum absolute atomic E-state index is 0.169. The highest BCUT2D eigenvalue weighted by molar-refractivity contribution is 5.95. The van der Waals surface area contributed by atoms with Crippen molar-refractivity contribution in [3.05, 3.63) is 29.8 Å². The Morgan fingerprint density at radius 1 is 1.09 bits per heavy atom. The fourth-order valence-electron chi connectivity index (χ4n) is 3.69. The molecule has 0 heterocycles. The van der Waals surface area contributed by atoms with E-state index < -0.39 is 18.0 Å². The Balaban J connectivity index is 1.80. The van der Waals surface area contributed by atoms with Crippen LogP contribution in [0.5, 0.6) is 0 Å². The van der Waals surface area contributed by atoms with Gasteiger partial charge in [-0.1, -0.05) is 39.8 Å². The van der Waals surface area contributed by atoms with E-state index in [4.69, 9.17) is 4.74 Å². The molecule has 3 N–H and O–H groups in total. The molecule has 7 nitrogen and oxygen atoms in total. The first-order chi connectivity index (χ1) is 15.8. The van der Waals surface area contributed by atoms with E-state index in [2.05, 4.69) is 41.6 Å². The summed E-state index contributed by atoms with van der Waals surface area (Å²) in [5, 5.41) is 8.01. The van der Waals surface area contributed by atoms with Crippen molar-refractivity contribution in [2.24, 2.45) is 17.8 Å². The minimum atomic E-state index is -0.797. The lowest BCUT2D eigenvalue weighted by molar-refractivity contribution is -0.126. The average Bonchev–Trinajstić information content (AvgIpc) is 2.78. The number of benzene rings is 1. The molecule has 0 aliphatic heterocycles. The maximum Gasteiger partial charge on any atom is 0.407 e. The molecule has 2 rings (SSSR count). The van der Waals surface area contributed by atoms with Crippen molar-refractivity contribution < 1.29 is 19.1 Å². The Bertz CT molecular complexity index is 855. The molecule has 180 valence electrons. The van der Waals surface area contributed by atoms with Gasteiger partial charge >= 0.3 is 6.09 Å². The van der Waals surface area contributed by atoms with Crippen molar-refractivity contribution >= 4 is 23.6 Å². The highest BCUT2D eigenvalue weighted by Crippen LogP contribution is 2.23. The summed E-state index contributed by atoms with van der Waals surface area (Å²) in [4.78, 5) is 37.2. The molecule has 1 unspecified atom stereocenters. The Morgan fingerprint density at radius 2 is 1.76 bits per heavy atom. The predicted molar refractivity (Wildman–Crippen MR) is 129 cm³/mol. The van der Waals surface area contributed by atoms with Crippen LogP contribution in [0.3, 0.4) is 0 Å². The van der Waals surface area contributed by atoms with Crippen LogP contribution in [0.15, 0.2) is 24.3 Å². The molecule has 7 heteroatoms. The number of nitrogens with one attached hydrogen (secondary N) is 3. The Labute approximate surface area is 197 Å². The third-order valence-corrected chi connectivity index (χ3v) is 6.01. The summed E-state index contributed by atoms with van der Waals surface area (Å²) in [6.07, 6.45) is 3.87. The zero-order valence-corrected chi connectivity index (χ0v) is 20.2. The molecule has 0 saturated carbocycles. The number of alkyl carbamates (subject to hydrolysis) is 1. The fourth-order valence-corrected chi connectivity index (χ4v) is 3.69. The van der Waals surface area contributed by atoms with Crippen LogP contribution in [-0.2, 0) is 20.7 Å². The molecule has 0 aromatic heterocycles. The maximum absolute atomic E-state index is 12.6. The van der Waals surface area contributed by atoms with Crippen molar-refractivity contribution in [3.63, 3.8) is 0 Å². The first-order valence-electron chi connectivity index (χ1n) is 11.9. The molecule has 33 heavy (non-hydrogen) atoms. The molecule has 0 fully saturated rings. The van der Waals surface area contributed by atoms with Gasteiger partial charge in [0, 0.05) is 18.5 Å². The van der Waals surface area contributed by atoms with Gasteiger partial charge in [0.25, 0.3) is 0 Å². The van der Waals surface area contributed by atoms with Gasteiger partial charge in [-0.2, -0.15) is 0 Å². The van der Waals surface area contributed by atoms with E-state index in [1.165, 1.54) is 5.56 Å². The normalized spacial score (nSPS) is 18.7.